The van der Waals surface area contributed by atoms with Gasteiger partial charge in [0.05, 0.1) is 6.20 Å². The van der Waals surface area contributed by atoms with Gasteiger partial charge in [0.25, 0.3) is 0 Å². The first kappa shape index (κ1) is 14.7. The lowest BCUT2D eigenvalue weighted by Gasteiger charge is -2.19. The van der Waals surface area contributed by atoms with Crippen molar-refractivity contribution in [2.75, 3.05) is 6.54 Å². The first-order chi connectivity index (χ1) is 9.69. The van der Waals surface area contributed by atoms with Crippen LogP contribution in [0.15, 0.2) is 36.7 Å². The smallest absolute Gasteiger partial charge is 0.0544 e. The van der Waals surface area contributed by atoms with Crippen molar-refractivity contribution in [3.8, 4) is 0 Å². The van der Waals surface area contributed by atoms with Crippen LogP contribution < -0.4 is 5.32 Å². The highest BCUT2D eigenvalue weighted by molar-refractivity contribution is 5.30. The Morgan fingerprint density at radius 2 is 1.85 bits per heavy atom. The molecule has 0 amide bonds. The number of hydrogen-bond donors (Lipinski definition) is 1. The van der Waals surface area contributed by atoms with E-state index in [0.29, 0.717) is 6.04 Å². The van der Waals surface area contributed by atoms with Gasteiger partial charge in [-0.15, -0.1) is 0 Å². The van der Waals surface area contributed by atoms with Crippen molar-refractivity contribution in [1.82, 2.24) is 15.5 Å². The number of aryl methyl sites for hydroxylation is 2. The minimum Gasteiger partial charge on any atom is -0.310 e. The molecule has 1 heterocycles. The van der Waals surface area contributed by atoms with Crippen LogP contribution in [0.1, 0.15) is 41.6 Å². The zero-order valence-corrected chi connectivity index (χ0v) is 12.6. The summed E-state index contributed by atoms with van der Waals surface area (Å²) in [4.78, 5) is 0. The van der Waals surface area contributed by atoms with E-state index in [1.54, 1.807) is 6.20 Å². The fourth-order valence-corrected chi connectivity index (χ4v) is 2.56. The molecule has 2 rings (SSSR count). The maximum atomic E-state index is 4.00. The standard InChI is InChI=1S/C17H23N3/c1-4-6-18-17(16-5-7-19-20-12-16)11-15-9-13(2)8-14(3)10-15/h5,7-10,12,17-18H,4,6,11H2,1-3H3. The molecule has 0 radical (unpaired) electrons. The van der Waals surface area contributed by atoms with Crippen molar-refractivity contribution >= 4 is 0 Å². The van der Waals surface area contributed by atoms with E-state index in [-0.39, 0.29) is 0 Å². The van der Waals surface area contributed by atoms with Crippen LogP contribution in [0.2, 0.25) is 0 Å². The van der Waals surface area contributed by atoms with Crippen molar-refractivity contribution in [1.29, 1.82) is 0 Å². The average Bonchev–Trinajstić information content (AvgIpc) is 2.43. The van der Waals surface area contributed by atoms with Crippen LogP contribution >= 0.6 is 0 Å². The largest absolute Gasteiger partial charge is 0.310 e. The van der Waals surface area contributed by atoms with Crippen LogP contribution in [0.3, 0.4) is 0 Å². The number of benzene rings is 1. The molecule has 106 valence electrons. The van der Waals surface area contributed by atoms with Gasteiger partial charge in [0, 0.05) is 12.2 Å². The number of nitrogens with one attached hydrogen (secondary N) is 1. The maximum absolute atomic E-state index is 4.00. The summed E-state index contributed by atoms with van der Waals surface area (Å²) in [5.74, 6) is 0. The summed E-state index contributed by atoms with van der Waals surface area (Å²) in [5.41, 5.74) is 5.21. The molecule has 1 N–H and O–H groups in total. The van der Waals surface area contributed by atoms with Gasteiger partial charge >= 0.3 is 0 Å². The Labute approximate surface area is 121 Å². The Bertz CT molecular complexity index is 517. The second-order valence-corrected chi connectivity index (χ2v) is 5.38. The van der Waals surface area contributed by atoms with E-state index in [0.717, 1.165) is 19.4 Å². The van der Waals surface area contributed by atoms with E-state index < -0.39 is 0 Å². The fraction of sp³-hybridized carbons (Fsp3) is 0.412. The molecule has 3 heteroatoms. The zero-order valence-electron chi connectivity index (χ0n) is 12.6. The molecule has 0 bridgehead atoms. The van der Waals surface area contributed by atoms with Crippen molar-refractivity contribution in [3.05, 3.63) is 58.9 Å². The molecule has 0 saturated heterocycles. The van der Waals surface area contributed by atoms with Gasteiger partial charge in [-0.1, -0.05) is 36.2 Å². The molecular weight excluding hydrogens is 246 g/mol. The highest BCUT2D eigenvalue weighted by atomic mass is 15.1. The molecule has 2 aromatic rings. The summed E-state index contributed by atoms with van der Waals surface area (Å²) < 4.78 is 0. The van der Waals surface area contributed by atoms with Gasteiger partial charge in [0.1, 0.15) is 0 Å². The predicted octanol–water partition coefficient (Wildman–Crippen LogP) is 3.38. The van der Waals surface area contributed by atoms with Crippen molar-refractivity contribution < 1.29 is 0 Å². The molecule has 1 aromatic carbocycles. The van der Waals surface area contributed by atoms with Crippen molar-refractivity contribution in [3.63, 3.8) is 0 Å². The summed E-state index contributed by atoms with van der Waals surface area (Å²) in [7, 11) is 0. The highest BCUT2D eigenvalue weighted by Gasteiger charge is 2.12. The average molecular weight is 269 g/mol. The van der Waals surface area contributed by atoms with E-state index in [2.05, 4.69) is 54.5 Å². The molecule has 0 aliphatic carbocycles. The van der Waals surface area contributed by atoms with Crippen LogP contribution in [0, 0.1) is 13.8 Å². The van der Waals surface area contributed by atoms with Crippen LogP contribution in [-0.2, 0) is 6.42 Å². The lowest BCUT2D eigenvalue weighted by molar-refractivity contribution is 0.526. The minimum atomic E-state index is 0.298. The van der Waals surface area contributed by atoms with Gasteiger partial charge in [-0.3, -0.25) is 0 Å². The highest BCUT2D eigenvalue weighted by Crippen LogP contribution is 2.19. The Hall–Kier alpha value is -1.74. The lowest BCUT2D eigenvalue weighted by atomic mass is 9.97. The molecule has 1 unspecified atom stereocenters. The fourth-order valence-electron chi connectivity index (χ4n) is 2.56. The molecule has 20 heavy (non-hydrogen) atoms. The first-order valence-electron chi connectivity index (χ1n) is 7.26. The van der Waals surface area contributed by atoms with Gasteiger partial charge in [-0.05, 0) is 50.4 Å². The number of nitrogens with zero attached hydrogens (tertiary/aromatic N) is 2. The molecular formula is C17H23N3. The van der Waals surface area contributed by atoms with Gasteiger partial charge in [-0.2, -0.15) is 10.2 Å². The maximum Gasteiger partial charge on any atom is 0.0544 e. The third kappa shape index (κ3) is 4.14. The van der Waals surface area contributed by atoms with Gasteiger partial charge < -0.3 is 5.32 Å². The summed E-state index contributed by atoms with van der Waals surface area (Å²) in [6, 6.07) is 9.09. The summed E-state index contributed by atoms with van der Waals surface area (Å²) in [6.07, 6.45) is 5.73. The van der Waals surface area contributed by atoms with Gasteiger partial charge in [0.2, 0.25) is 0 Å². The Kier molecular flexibility index (Phi) is 5.24. The molecule has 0 fully saturated rings. The SMILES string of the molecule is CCCNC(Cc1cc(C)cc(C)c1)c1ccnnc1. The summed E-state index contributed by atoms with van der Waals surface area (Å²) in [6.45, 7) is 7.50. The summed E-state index contributed by atoms with van der Waals surface area (Å²) >= 11 is 0. The quantitative estimate of drug-likeness (QED) is 0.873. The topological polar surface area (TPSA) is 37.8 Å². The van der Waals surface area contributed by atoms with Crippen LogP contribution in [-0.4, -0.2) is 16.7 Å². The minimum absolute atomic E-state index is 0.298. The second-order valence-electron chi connectivity index (χ2n) is 5.38. The first-order valence-corrected chi connectivity index (χ1v) is 7.26. The predicted molar refractivity (Wildman–Crippen MR) is 82.7 cm³/mol. The molecule has 1 atom stereocenters. The van der Waals surface area contributed by atoms with Gasteiger partial charge in [0.15, 0.2) is 0 Å². The number of rotatable bonds is 6. The molecule has 0 aliphatic heterocycles. The van der Waals surface area contributed by atoms with Crippen LogP contribution in [0.4, 0.5) is 0 Å². The van der Waals surface area contributed by atoms with Gasteiger partial charge in [-0.25, -0.2) is 0 Å². The van der Waals surface area contributed by atoms with E-state index >= 15 is 0 Å². The van der Waals surface area contributed by atoms with E-state index in [4.69, 9.17) is 0 Å². The van der Waals surface area contributed by atoms with Crippen LogP contribution in [0.5, 0.6) is 0 Å². The second kappa shape index (κ2) is 7.15. The van der Waals surface area contributed by atoms with E-state index in [9.17, 15) is 0 Å². The monoisotopic (exact) mass is 269 g/mol. The normalized spacial score (nSPS) is 12.3. The third-order valence-electron chi connectivity index (χ3n) is 3.37. The number of hydrogen-bond acceptors (Lipinski definition) is 3. The Morgan fingerprint density at radius 1 is 1.10 bits per heavy atom. The molecule has 0 saturated carbocycles. The molecule has 3 nitrogen and oxygen atoms in total. The van der Waals surface area contributed by atoms with E-state index in [1.165, 1.54) is 22.3 Å². The van der Waals surface area contributed by atoms with Crippen molar-refractivity contribution in [2.24, 2.45) is 0 Å². The molecule has 1 aromatic heterocycles. The molecule has 0 aliphatic rings. The number of aromatic nitrogens is 2. The van der Waals surface area contributed by atoms with E-state index in [1.807, 2.05) is 12.3 Å². The molecule has 0 spiro atoms. The Morgan fingerprint density at radius 3 is 2.45 bits per heavy atom. The van der Waals surface area contributed by atoms with Crippen LogP contribution in [0.25, 0.3) is 0 Å². The summed E-state index contributed by atoms with van der Waals surface area (Å²) in [5, 5.41) is 11.5. The zero-order chi connectivity index (χ0) is 14.4. The third-order valence-corrected chi connectivity index (χ3v) is 3.37. The lowest BCUT2D eigenvalue weighted by Crippen LogP contribution is -2.24. The van der Waals surface area contributed by atoms with Crippen molar-refractivity contribution in [2.45, 2.75) is 39.7 Å². The Balaban J connectivity index is 2.19.